The molecule has 0 aliphatic heterocycles. The topological polar surface area (TPSA) is 272 Å². The monoisotopic (exact) mass is 688 g/mol. The average molecular weight is 689 g/mol. The van der Waals surface area contributed by atoms with Crippen molar-refractivity contribution in [1.29, 1.82) is 0 Å². The van der Waals surface area contributed by atoms with Crippen LogP contribution in [0.1, 0.15) is 79.1 Å². The highest BCUT2D eigenvalue weighted by Crippen LogP contribution is 2.03. The summed E-state index contributed by atoms with van der Waals surface area (Å²) in [5.74, 6) is -8.02. The molecule has 0 rings (SSSR count). The third kappa shape index (κ3) is 18.7. The highest BCUT2D eigenvalue weighted by atomic mass is 16.4. The van der Waals surface area contributed by atoms with E-state index in [4.69, 9.17) is 0 Å². The predicted octanol–water partition coefficient (Wildman–Crippen LogP) is -0.932. The Bertz CT molecular complexity index is 940. The Morgan fingerprint density at radius 3 is 0.750 bits per heavy atom. The van der Waals surface area contributed by atoms with Gasteiger partial charge in [-0.3, -0.25) is 29.0 Å². The van der Waals surface area contributed by atoms with E-state index in [1.165, 1.54) is 9.80 Å². The van der Waals surface area contributed by atoms with Gasteiger partial charge in [-0.2, -0.15) is 0 Å². The fraction of sp³-hybridized carbons (Fsp3) is 0.733. The summed E-state index contributed by atoms with van der Waals surface area (Å²) in [4.78, 5) is 100. The van der Waals surface area contributed by atoms with Crippen LogP contribution in [0.2, 0.25) is 0 Å². The highest BCUT2D eigenvalue weighted by Gasteiger charge is 2.27. The zero-order valence-electron chi connectivity index (χ0n) is 28.2. The molecular formula is C30H52N6O12. The number of carboxylic acid groups (broad SMARTS) is 4. The molecule has 0 aromatic rings. The molecule has 0 saturated heterocycles. The van der Waals surface area contributed by atoms with E-state index in [2.05, 4.69) is 21.3 Å². The minimum atomic E-state index is -1.26. The van der Waals surface area contributed by atoms with Crippen molar-refractivity contribution in [3.8, 4) is 0 Å². The Hall–Kier alpha value is -4.32. The summed E-state index contributed by atoms with van der Waals surface area (Å²) in [5, 5.41) is 47.3. The largest absolute Gasteiger partial charge is 0.480 e. The number of nitrogens with zero attached hydrogens (tertiary/aromatic N) is 2. The molecule has 0 fully saturated rings. The first-order valence-corrected chi connectivity index (χ1v) is 16.1. The Kier molecular flexibility index (Phi) is 21.8. The molecule has 0 aromatic carbocycles. The average Bonchev–Trinajstić information content (AvgIpc) is 2.98. The van der Waals surface area contributed by atoms with Crippen molar-refractivity contribution >= 4 is 47.5 Å². The lowest BCUT2D eigenvalue weighted by Crippen LogP contribution is -2.53. The lowest BCUT2D eigenvalue weighted by molar-refractivity contribution is -0.143. The van der Waals surface area contributed by atoms with Crippen LogP contribution in [-0.4, -0.2) is 141 Å². The molecule has 48 heavy (non-hydrogen) atoms. The normalized spacial score (nSPS) is 13.5. The molecule has 18 heteroatoms. The molecule has 0 spiro atoms. The van der Waals surface area contributed by atoms with Crippen molar-refractivity contribution in [3.63, 3.8) is 0 Å². The van der Waals surface area contributed by atoms with Crippen molar-refractivity contribution in [3.05, 3.63) is 0 Å². The third-order valence-electron chi connectivity index (χ3n) is 7.04. The van der Waals surface area contributed by atoms with Crippen LogP contribution in [0.4, 0.5) is 0 Å². The molecule has 274 valence electrons. The Morgan fingerprint density at radius 2 is 0.604 bits per heavy atom. The van der Waals surface area contributed by atoms with E-state index in [0.29, 0.717) is 25.7 Å². The smallest absolute Gasteiger partial charge is 0.326 e. The molecule has 0 aromatic heterocycles. The molecule has 4 amide bonds. The SMILES string of the molecule is CCCC(NC(=O)CN(CCN(CC(=O)NC(CCC)C(=O)O)CC(=O)NC(CCC)C(=O)O)CC(=O)NC(CCC)C(=O)O)C(=O)O. The minimum absolute atomic E-state index is 0.140. The van der Waals surface area contributed by atoms with Crippen molar-refractivity contribution in [2.24, 2.45) is 0 Å². The standard InChI is InChI=1S/C30H52N6O12/c1-5-9-19(27(41)42)31-23(37)15-35(16-24(38)32-20(10-6-2)28(43)44)13-14-36(17-25(39)33-21(11-7-3)29(45)46)18-26(40)34-22(12-8-4)30(47)48/h19-22H,5-18H2,1-4H3,(H,31,37)(H,32,38)(H,33,39)(H,34,40)(H,41,42)(H,43,44)(H,45,46)(H,47,48). The molecule has 0 saturated carbocycles. The zero-order valence-corrected chi connectivity index (χ0v) is 28.2. The predicted molar refractivity (Wildman–Crippen MR) is 171 cm³/mol. The third-order valence-corrected chi connectivity index (χ3v) is 7.04. The molecule has 18 nitrogen and oxygen atoms in total. The van der Waals surface area contributed by atoms with Crippen molar-refractivity contribution in [2.75, 3.05) is 39.3 Å². The van der Waals surface area contributed by atoms with Crippen LogP contribution in [0.3, 0.4) is 0 Å². The summed E-state index contributed by atoms with van der Waals surface area (Å²) in [6, 6.07) is -4.78. The first-order valence-electron chi connectivity index (χ1n) is 16.1. The molecule has 0 radical (unpaired) electrons. The zero-order chi connectivity index (χ0) is 36.8. The number of carboxylic acids is 4. The lowest BCUT2D eigenvalue weighted by Gasteiger charge is -2.28. The molecular weight excluding hydrogens is 636 g/mol. The highest BCUT2D eigenvalue weighted by molar-refractivity contribution is 5.88. The summed E-state index contributed by atoms with van der Waals surface area (Å²) in [6.07, 6.45) is 2.39. The van der Waals surface area contributed by atoms with Gasteiger partial charge in [-0.1, -0.05) is 53.4 Å². The lowest BCUT2D eigenvalue weighted by atomic mass is 10.1. The number of rotatable bonds is 27. The molecule has 4 unspecified atom stereocenters. The summed E-state index contributed by atoms with van der Waals surface area (Å²) in [7, 11) is 0. The fourth-order valence-corrected chi connectivity index (χ4v) is 4.67. The van der Waals surface area contributed by atoms with Crippen LogP contribution in [-0.2, 0) is 38.4 Å². The number of hydrogen-bond donors (Lipinski definition) is 8. The van der Waals surface area contributed by atoms with Gasteiger partial charge in [-0.25, -0.2) is 19.2 Å². The van der Waals surface area contributed by atoms with Crippen molar-refractivity contribution in [1.82, 2.24) is 31.1 Å². The van der Waals surface area contributed by atoms with Crippen LogP contribution < -0.4 is 21.3 Å². The Morgan fingerprint density at radius 1 is 0.417 bits per heavy atom. The van der Waals surface area contributed by atoms with E-state index in [0.717, 1.165) is 0 Å². The Labute approximate surface area is 280 Å². The molecule has 0 aliphatic carbocycles. The second-order valence-corrected chi connectivity index (χ2v) is 11.4. The maximum atomic E-state index is 12.9. The van der Waals surface area contributed by atoms with Gasteiger partial charge in [0.25, 0.3) is 0 Å². The number of carbonyl (C=O) groups excluding carboxylic acids is 4. The van der Waals surface area contributed by atoms with Gasteiger partial charge in [-0.05, 0) is 25.7 Å². The summed E-state index contributed by atoms with van der Waals surface area (Å²) in [6.45, 7) is 4.56. The number of aliphatic carboxylic acids is 4. The van der Waals surface area contributed by atoms with E-state index in [1.807, 2.05) is 0 Å². The van der Waals surface area contributed by atoms with Crippen molar-refractivity contribution < 1.29 is 58.8 Å². The number of carbonyl (C=O) groups is 8. The van der Waals surface area contributed by atoms with E-state index in [-0.39, 0.29) is 38.8 Å². The van der Waals surface area contributed by atoms with Gasteiger partial charge >= 0.3 is 23.9 Å². The fourth-order valence-electron chi connectivity index (χ4n) is 4.67. The number of hydrogen-bond acceptors (Lipinski definition) is 10. The minimum Gasteiger partial charge on any atom is -0.480 e. The number of nitrogens with one attached hydrogen (secondary N) is 4. The van der Waals surface area contributed by atoms with Crippen molar-refractivity contribution in [2.45, 2.75) is 103 Å². The van der Waals surface area contributed by atoms with Gasteiger partial charge in [0.05, 0.1) is 26.2 Å². The van der Waals surface area contributed by atoms with Gasteiger partial charge in [0, 0.05) is 13.1 Å². The van der Waals surface area contributed by atoms with Crippen LogP contribution in [0, 0.1) is 0 Å². The van der Waals surface area contributed by atoms with E-state index < -0.39 is 97.9 Å². The van der Waals surface area contributed by atoms with Gasteiger partial charge in [0.2, 0.25) is 23.6 Å². The second kappa shape index (κ2) is 23.9. The van der Waals surface area contributed by atoms with Crippen LogP contribution in [0.15, 0.2) is 0 Å². The van der Waals surface area contributed by atoms with Gasteiger partial charge in [-0.15, -0.1) is 0 Å². The van der Waals surface area contributed by atoms with E-state index in [1.54, 1.807) is 27.7 Å². The molecule has 0 aliphatic rings. The quantitative estimate of drug-likeness (QED) is 0.0518. The Balaban J connectivity index is 6.13. The van der Waals surface area contributed by atoms with Gasteiger partial charge < -0.3 is 41.7 Å². The molecule has 8 N–H and O–H groups in total. The van der Waals surface area contributed by atoms with E-state index >= 15 is 0 Å². The summed E-state index contributed by atoms with van der Waals surface area (Å²) in [5.41, 5.74) is 0. The van der Waals surface area contributed by atoms with Gasteiger partial charge in [0.1, 0.15) is 24.2 Å². The maximum Gasteiger partial charge on any atom is 0.326 e. The molecule has 0 heterocycles. The van der Waals surface area contributed by atoms with Crippen LogP contribution >= 0.6 is 0 Å². The maximum absolute atomic E-state index is 12.9. The summed E-state index contributed by atoms with van der Waals surface area (Å²) < 4.78 is 0. The van der Waals surface area contributed by atoms with Crippen LogP contribution in [0.25, 0.3) is 0 Å². The number of amides is 4. The van der Waals surface area contributed by atoms with E-state index in [9.17, 15) is 58.8 Å². The van der Waals surface area contributed by atoms with Crippen LogP contribution in [0.5, 0.6) is 0 Å². The summed E-state index contributed by atoms with van der Waals surface area (Å²) >= 11 is 0. The molecule has 4 atom stereocenters. The first-order chi connectivity index (χ1) is 22.6. The molecule has 0 bridgehead atoms. The van der Waals surface area contributed by atoms with Gasteiger partial charge in [0.15, 0.2) is 0 Å². The second-order valence-electron chi connectivity index (χ2n) is 11.4. The first kappa shape index (κ1) is 43.7.